The first-order valence-electron chi connectivity index (χ1n) is 7.62. The van der Waals surface area contributed by atoms with E-state index in [4.69, 9.17) is 0 Å². The lowest BCUT2D eigenvalue weighted by Gasteiger charge is -2.21. The van der Waals surface area contributed by atoms with Crippen molar-refractivity contribution in [1.29, 1.82) is 0 Å². The lowest BCUT2D eigenvalue weighted by atomic mass is 9.93. The smallest absolute Gasteiger partial charge is 0.319 e. The van der Waals surface area contributed by atoms with Crippen LogP contribution in [0.1, 0.15) is 20.3 Å². The van der Waals surface area contributed by atoms with Gasteiger partial charge in [-0.2, -0.15) is 0 Å². The molecule has 0 radical (unpaired) electrons. The van der Waals surface area contributed by atoms with Crippen molar-refractivity contribution < 1.29 is 4.92 Å². The van der Waals surface area contributed by atoms with E-state index in [9.17, 15) is 10.1 Å². The summed E-state index contributed by atoms with van der Waals surface area (Å²) in [5, 5.41) is 12.7. The highest BCUT2D eigenvalue weighted by Gasteiger charge is 2.35. The topological polar surface area (TPSA) is 59.3 Å². The van der Waals surface area contributed by atoms with Crippen LogP contribution >= 0.6 is 9.24 Å². The second-order valence-corrected chi connectivity index (χ2v) is 7.33. The van der Waals surface area contributed by atoms with Gasteiger partial charge in [-0.05, 0) is 28.8 Å². The molecule has 1 atom stereocenters. The summed E-state index contributed by atoms with van der Waals surface area (Å²) in [6.45, 7) is 5.95. The predicted molar refractivity (Wildman–Crippen MR) is 96.3 cm³/mol. The number of anilines is 1. The molecule has 0 N–H and O–H groups in total. The van der Waals surface area contributed by atoms with Crippen LogP contribution in [0.25, 0.3) is 11.1 Å². The van der Waals surface area contributed by atoms with Crippen LogP contribution in [0, 0.1) is 15.5 Å². The predicted octanol–water partition coefficient (Wildman–Crippen LogP) is 3.39. The number of rotatable bonds is 3. The first kappa shape index (κ1) is 15.9. The Hall–Kier alpha value is -2.00. The molecule has 1 fully saturated rings. The Morgan fingerprint density at radius 2 is 2.00 bits per heavy atom. The molecule has 0 aliphatic carbocycles. The van der Waals surface area contributed by atoms with E-state index >= 15 is 0 Å². The SMILES string of the molecule is CC1(C)CCN(c2nccc(-c3ccccc3P)c2[N+](=O)[O-])C1. The van der Waals surface area contributed by atoms with Crippen LogP contribution in [0.4, 0.5) is 11.5 Å². The van der Waals surface area contributed by atoms with E-state index in [1.54, 1.807) is 12.3 Å². The standard InChI is InChI=1S/C17H20N3O2P/c1-17(2)8-10-19(11-17)16-15(20(21)22)13(7-9-18-16)12-5-3-4-6-14(12)23/h3-7,9H,8,10-11,23H2,1-2H3. The van der Waals surface area contributed by atoms with E-state index in [1.807, 2.05) is 29.2 Å². The van der Waals surface area contributed by atoms with Gasteiger partial charge in [-0.25, -0.2) is 4.98 Å². The van der Waals surface area contributed by atoms with Gasteiger partial charge in [0.15, 0.2) is 0 Å². The van der Waals surface area contributed by atoms with Gasteiger partial charge >= 0.3 is 5.69 Å². The molecule has 1 saturated heterocycles. The first-order chi connectivity index (χ1) is 10.9. The quantitative estimate of drug-likeness (QED) is 0.492. The zero-order valence-corrected chi connectivity index (χ0v) is 14.5. The van der Waals surface area contributed by atoms with Crippen LogP contribution in [0.5, 0.6) is 0 Å². The normalized spacial score (nSPS) is 16.6. The molecular weight excluding hydrogens is 309 g/mol. The summed E-state index contributed by atoms with van der Waals surface area (Å²) < 4.78 is 0. The average molecular weight is 329 g/mol. The molecule has 0 amide bonds. The van der Waals surface area contributed by atoms with E-state index in [0.29, 0.717) is 11.4 Å². The van der Waals surface area contributed by atoms with Gasteiger partial charge in [-0.3, -0.25) is 10.1 Å². The summed E-state index contributed by atoms with van der Waals surface area (Å²) in [6, 6.07) is 9.38. The third-order valence-corrected chi connectivity index (χ3v) is 4.82. The summed E-state index contributed by atoms with van der Waals surface area (Å²) in [6.07, 6.45) is 2.68. The van der Waals surface area contributed by atoms with Crippen molar-refractivity contribution in [2.24, 2.45) is 5.41 Å². The molecule has 1 aromatic heterocycles. The number of nitro groups is 1. The highest BCUT2D eigenvalue weighted by atomic mass is 31.0. The van der Waals surface area contributed by atoms with Gasteiger partial charge < -0.3 is 4.90 Å². The molecule has 1 unspecified atom stereocenters. The Labute approximate surface area is 138 Å². The largest absolute Gasteiger partial charge is 0.350 e. The summed E-state index contributed by atoms with van der Waals surface area (Å²) in [7, 11) is 2.64. The monoisotopic (exact) mass is 329 g/mol. The van der Waals surface area contributed by atoms with Crippen LogP contribution in [0.2, 0.25) is 0 Å². The minimum Gasteiger partial charge on any atom is -0.350 e. The molecule has 120 valence electrons. The molecule has 1 aliphatic rings. The Kier molecular flexibility index (Phi) is 4.07. The summed E-state index contributed by atoms with van der Waals surface area (Å²) in [4.78, 5) is 17.8. The molecule has 3 rings (SSSR count). The Balaban J connectivity index is 2.14. The second-order valence-electron chi connectivity index (χ2n) is 6.71. The third-order valence-electron chi connectivity index (χ3n) is 4.32. The van der Waals surface area contributed by atoms with E-state index in [0.717, 1.165) is 30.4 Å². The zero-order chi connectivity index (χ0) is 16.6. The van der Waals surface area contributed by atoms with Crippen molar-refractivity contribution >= 4 is 26.0 Å². The first-order valence-corrected chi connectivity index (χ1v) is 8.20. The summed E-state index contributed by atoms with van der Waals surface area (Å²) >= 11 is 0. The van der Waals surface area contributed by atoms with Gasteiger partial charge in [0, 0.05) is 19.3 Å². The number of nitrogens with zero attached hydrogens (tertiary/aromatic N) is 3. The maximum atomic E-state index is 11.8. The molecule has 0 bridgehead atoms. The van der Waals surface area contributed by atoms with E-state index in [2.05, 4.69) is 28.1 Å². The lowest BCUT2D eigenvalue weighted by Crippen LogP contribution is -2.24. The fourth-order valence-electron chi connectivity index (χ4n) is 3.11. The molecule has 2 heterocycles. The van der Waals surface area contributed by atoms with Crippen LogP contribution in [0.15, 0.2) is 36.5 Å². The minimum absolute atomic E-state index is 0.0973. The maximum absolute atomic E-state index is 11.8. The van der Waals surface area contributed by atoms with Crippen LogP contribution in [0.3, 0.4) is 0 Å². The van der Waals surface area contributed by atoms with Crippen molar-refractivity contribution in [1.82, 2.24) is 4.98 Å². The van der Waals surface area contributed by atoms with Gasteiger partial charge in [0.2, 0.25) is 5.82 Å². The highest BCUT2D eigenvalue weighted by molar-refractivity contribution is 7.28. The molecule has 2 aromatic rings. The fourth-order valence-corrected chi connectivity index (χ4v) is 3.47. The number of hydrogen-bond acceptors (Lipinski definition) is 4. The summed E-state index contributed by atoms with van der Waals surface area (Å²) in [5.41, 5.74) is 1.73. The number of benzene rings is 1. The number of aromatic nitrogens is 1. The van der Waals surface area contributed by atoms with Gasteiger partial charge in [0.25, 0.3) is 0 Å². The van der Waals surface area contributed by atoms with Gasteiger partial charge in [-0.15, -0.1) is 9.24 Å². The van der Waals surface area contributed by atoms with Crippen LogP contribution < -0.4 is 10.2 Å². The Bertz CT molecular complexity index is 761. The van der Waals surface area contributed by atoms with Crippen molar-refractivity contribution in [2.75, 3.05) is 18.0 Å². The van der Waals surface area contributed by atoms with Crippen LogP contribution in [-0.2, 0) is 0 Å². The average Bonchev–Trinajstić information content (AvgIpc) is 2.87. The molecule has 1 aliphatic heterocycles. The van der Waals surface area contributed by atoms with Gasteiger partial charge in [0.1, 0.15) is 0 Å². The second kappa shape index (κ2) is 5.89. The van der Waals surface area contributed by atoms with E-state index in [-0.39, 0.29) is 16.0 Å². The molecule has 0 spiro atoms. The van der Waals surface area contributed by atoms with Crippen molar-refractivity contribution in [3.63, 3.8) is 0 Å². The lowest BCUT2D eigenvalue weighted by molar-refractivity contribution is -0.383. The zero-order valence-electron chi connectivity index (χ0n) is 13.3. The van der Waals surface area contributed by atoms with Crippen molar-refractivity contribution in [2.45, 2.75) is 20.3 Å². The van der Waals surface area contributed by atoms with Crippen molar-refractivity contribution in [3.05, 3.63) is 46.6 Å². The summed E-state index contributed by atoms with van der Waals surface area (Å²) in [5.74, 6) is 0.478. The molecule has 1 aromatic carbocycles. The third kappa shape index (κ3) is 3.06. The van der Waals surface area contributed by atoms with Crippen molar-refractivity contribution in [3.8, 4) is 11.1 Å². The van der Waals surface area contributed by atoms with Crippen LogP contribution in [-0.4, -0.2) is 23.0 Å². The van der Waals surface area contributed by atoms with Gasteiger partial charge in [0.05, 0.1) is 10.5 Å². The Morgan fingerprint density at radius 3 is 2.61 bits per heavy atom. The molecule has 23 heavy (non-hydrogen) atoms. The van der Waals surface area contributed by atoms with E-state index < -0.39 is 0 Å². The molecule has 0 saturated carbocycles. The number of hydrogen-bond donors (Lipinski definition) is 0. The fraction of sp³-hybridized carbons (Fsp3) is 0.353. The Morgan fingerprint density at radius 1 is 1.26 bits per heavy atom. The minimum atomic E-state index is -0.305. The maximum Gasteiger partial charge on any atom is 0.319 e. The highest BCUT2D eigenvalue weighted by Crippen LogP contribution is 2.40. The molecule has 5 nitrogen and oxygen atoms in total. The molecule has 6 heteroatoms. The van der Waals surface area contributed by atoms with E-state index in [1.165, 1.54) is 0 Å². The number of pyridine rings is 1. The van der Waals surface area contributed by atoms with Gasteiger partial charge in [-0.1, -0.05) is 38.1 Å². The molecular formula is C17H20N3O2P.